The number of piperidine rings is 1. The highest BCUT2D eigenvalue weighted by molar-refractivity contribution is 5.88. The van der Waals surface area contributed by atoms with Crippen LogP contribution in [0.2, 0.25) is 0 Å². The molecular formula is C18H20N6O. The van der Waals surface area contributed by atoms with Crippen LogP contribution in [0.4, 0.5) is 5.82 Å². The number of primary amides is 1. The molecule has 4 rings (SSSR count). The number of amides is 1. The second kappa shape index (κ2) is 6.16. The highest BCUT2D eigenvalue weighted by atomic mass is 16.1. The van der Waals surface area contributed by atoms with E-state index in [9.17, 15) is 4.79 Å². The number of nitrogens with two attached hydrogens (primary N) is 1. The zero-order valence-corrected chi connectivity index (χ0v) is 14.0. The highest BCUT2D eigenvalue weighted by Crippen LogP contribution is 2.31. The van der Waals surface area contributed by atoms with E-state index in [1.54, 1.807) is 17.2 Å². The summed E-state index contributed by atoms with van der Waals surface area (Å²) < 4.78 is 1.81. The van der Waals surface area contributed by atoms with E-state index in [2.05, 4.69) is 26.9 Å². The average molecular weight is 336 g/mol. The standard InChI is InChI=1S/C18H20N6O/c1-12-7-8-13(16(19)25)10-23(12)17-15-9-22-24(18(15)21-11-20-17)14-5-3-2-4-6-14/h2-6,9,11-13H,7-8,10H2,1H3,(H2,19,25)/t12-,13+/m0/s1. The van der Waals surface area contributed by atoms with Crippen molar-refractivity contribution in [1.82, 2.24) is 19.7 Å². The molecule has 2 atom stereocenters. The Kier molecular flexibility index (Phi) is 3.83. The van der Waals surface area contributed by atoms with E-state index in [-0.39, 0.29) is 17.9 Å². The average Bonchev–Trinajstić information content (AvgIpc) is 3.07. The fourth-order valence-electron chi connectivity index (χ4n) is 3.45. The molecule has 0 unspecified atom stereocenters. The summed E-state index contributed by atoms with van der Waals surface area (Å²) >= 11 is 0. The summed E-state index contributed by atoms with van der Waals surface area (Å²) in [5.41, 5.74) is 7.23. The lowest BCUT2D eigenvalue weighted by Crippen LogP contribution is -2.46. The molecule has 0 bridgehead atoms. The van der Waals surface area contributed by atoms with Crippen molar-refractivity contribution in [1.29, 1.82) is 0 Å². The summed E-state index contributed by atoms with van der Waals surface area (Å²) in [5.74, 6) is 0.415. The second-order valence-electron chi connectivity index (χ2n) is 6.50. The van der Waals surface area contributed by atoms with Gasteiger partial charge in [0.05, 0.1) is 23.2 Å². The van der Waals surface area contributed by atoms with Crippen LogP contribution in [0.25, 0.3) is 16.7 Å². The number of rotatable bonds is 3. The second-order valence-corrected chi connectivity index (χ2v) is 6.50. The van der Waals surface area contributed by atoms with Gasteiger partial charge in [-0.1, -0.05) is 18.2 Å². The van der Waals surface area contributed by atoms with Gasteiger partial charge in [0.25, 0.3) is 0 Å². The minimum absolute atomic E-state index is 0.148. The molecule has 0 aliphatic carbocycles. The number of fused-ring (bicyclic) bond motifs is 1. The van der Waals surface area contributed by atoms with E-state index < -0.39 is 0 Å². The normalized spacial score (nSPS) is 20.8. The number of benzene rings is 1. The fourth-order valence-corrected chi connectivity index (χ4v) is 3.45. The van der Waals surface area contributed by atoms with Crippen molar-refractivity contribution in [2.45, 2.75) is 25.8 Å². The number of aromatic nitrogens is 4. The van der Waals surface area contributed by atoms with Gasteiger partial charge in [0, 0.05) is 12.6 Å². The first-order chi connectivity index (χ1) is 12.1. The molecule has 1 aliphatic rings. The fraction of sp³-hybridized carbons (Fsp3) is 0.333. The Morgan fingerprint density at radius 3 is 2.76 bits per heavy atom. The van der Waals surface area contributed by atoms with Gasteiger partial charge in [0.15, 0.2) is 5.65 Å². The van der Waals surface area contributed by atoms with Crippen LogP contribution < -0.4 is 10.6 Å². The summed E-state index contributed by atoms with van der Waals surface area (Å²) in [6, 6.07) is 10.2. The van der Waals surface area contributed by atoms with E-state index in [4.69, 9.17) is 5.73 Å². The Labute approximate surface area is 145 Å². The Morgan fingerprint density at radius 1 is 1.20 bits per heavy atom. The van der Waals surface area contributed by atoms with E-state index in [1.807, 2.05) is 30.3 Å². The maximum Gasteiger partial charge on any atom is 0.222 e. The van der Waals surface area contributed by atoms with Gasteiger partial charge < -0.3 is 10.6 Å². The lowest BCUT2D eigenvalue weighted by atomic mass is 9.93. The quantitative estimate of drug-likeness (QED) is 0.789. The molecule has 1 aliphatic heterocycles. The van der Waals surface area contributed by atoms with Crippen LogP contribution in [0.3, 0.4) is 0 Å². The summed E-state index contributed by atoms with van der Waals surface area (Å²) in [4.78, 5) is 22.7. The number of carbonyl (C=O) groups is 1. The predicted molar refractivity (Wildman–Crippen MR) is 95.4 cm³/mol. The van der Waals surface area contributed by atoms with E-state index in [0.717, 1.165) is 35.4 Å². The number of para-hydroxylation sites is 1. The maximum atomic E-state index is 11.6. The molecule has 1 amide bonds. The van der Waals surface area contributed by atoms with Crippen molar-refractivity contribution in [3.8, 4) is 5.69 Å². The first-order valence-electron chi connectivity index (χ1n) is 8.45. The molecule has 1 fully saturated rings. The smallest absolute Gasteiger partial charge is 0.222 e. The minimum atomic E-state index is -0.248. The molecule has 1 aromatic carbocycles. The molecule has 7 nitrogen and oxygen atoms in total. The van der Waals surface area contributed by atoms with E-state index >= 15 is 0 Å². The van der Waals surface area contributed by atoms with Crippen LogP contribution in [0.15, 0.2) is 42.9 Å². The summed E-state index contributed by atoms with van der Waals surface area (Å²) in [7, 11) is 0. The zero-order chi connectivity index (χ0) is 17.4. The first-order valence-corrected chi connectivity index (χ1v) is 8.45. The SMILES string of the molecule is C[C@H]1CC[C@@H](C(N)=O)CN1c1ncnc2c1cnn2-c1ccccc1. The van der Waals surface area contributed by atoms with Crippen molar-refractivity contribution in [2.75, 3.05) is 11.4 Å². The summed E-state index contributed by atoms with van der Waals surface area (Å²) in [6.45, 7) is 2.73. The van der Waals surface area contributed by atoms with Crippen LogP contribution in [-0.2, 0) is 4.79 Å². The number of carbonyl (C=O) groups excluding carboxylic acids is 1. The monoisotopic (exact) mass is 336 g/mol. The van der Waals surface area contributed by atoms with Crippen molar-refractivity contribution in [3.05, 3.63) is 42.9 Å². The number of hydrogen-bond donors (Lipinski definition) is 1. The van der Waals surface area contributed by atoms with Crippen molar-refractivity contribution >= 4 is 22.8 Å². The van der Waals surface area contributed by atoms with Gasteiger partial charge in [-0.15, -0.1) is 0 Å². The van der Waals surface area contributed by atoms with Gasteiger partial charge in [-0.3, -0.25) is 4.79 Å². The predicted octanol–water partition coefficient (Wildman–Crippen LogP) is 1.91. The third-order valence-corrected chi connectivity index (χ3v) is 4.90. The van der Waals surface area contributed by atoms with Crippen LogP contribution in [-0.4, -0.2) is 38.2 Å². The van der Waals surface area contributed by atoms with Gasteiger partial charge in [0.2, 0.25) is 5.91 Å². The maximum absolute atomic E-state index is 11.6. The zero-order valence-electron chi connectivity index (χ0n) is 14.0. The molecule has 0 saturated carbocycles. The molecule has 0 spiro atoms. The topological polar surface area (TPSA) is 89.9 Å². The number of hydrogen-bond acceptors (Lipinski definition) is 5. The minimum Gasteiger partial charge on any atom is -0.369 e. The molecule has 128 valence electrons. The van der Waals surface area contributed by atoms with Gasteiger partial charge >= 0.3 is 0 Å². The van der Waals surface area contributed by atoms with Gasteiger partial charge in [-0.25, -0.2) is 14.6 Å². The molecule has 7 heteroatoms. The third-order valence-electron chi connectivity index (χ3n) is 4.90. The molecule has 25 heavy (non-hydrogen) atoms. The van der Waals surface area contributed by atoms with Gasteiger partial charge in [0.1, 0.15) is 12.1 Å². The van der Waals surface area contributed by atoms with E-state index in [1.165, 1.54) is 0 Å². The molecule has 3 heterocycles. The van der Waals surface area contributed by atoms with Crippen LogP contribution >= 0.6 is 0 Å². The molecule has 2 aromatic heterocycles. The molecule has 2 N–H and O–H groups in total. The molecule has 0 radical (unpaired) electrons. The van der Waals surface area contributed by atoms with Crippen LogP contribution in [0.1, 0.15) is 19.8 Å². The third kappa shape index (κ3) is 2.71. The molecular weight excluding hydrogens is 316 g/mol. The van der Waals surface area contributed by atoms with Crippen LogP contribution in [0, 0.1) is 5.92 Å². The van der Waals surface area contributed by atoms with Gasteiger partial charge in [-0.2, -0.15) is 5.10 Å². The van der Waals surface area contributed by atoms with Gasteiger partial charge in [-0.05, 0) is 31.9 Å². The Hall–Kier alpha value is -2.96. The van der Waals surface area contributed by atoms with Crippen molar-refractivity contribution in [3.63, 3.8) is 0 Å². The van der Waals surface area contributed by atoms with E-state index in [0.29, 0.717) is 6.54 Å². The van der Waals surface area contributed by atoms with Crippen molar-refractivity contribution < 1.29 is 4.79 Å². The summed E-state index contributed by atoms with van der Waals surface area (Å²) in [6.07, 6.45) is 5.08. The molecule has 3 aromatic rings. The lowest BCUT2D eigenvalue weighted by Gasteiger charge is -2.37. The lowest BCUT2D eigenvalue weighted by molar-refractivity contribution is -0.122. The Morgan fingerprint density at radius 2 is 2.00 bits per heavy atom. The van der Waals surface area contributed by atoms with Crippen LogP contribution in [0.5, 0.6) is 0 Å². The number of anilines is 1. The Balaban J connectivity index is 1.78. The summed E-state index contributed by atoms with van der Waals surface area (Å²) in [5, 5.41) is 5.37. The number of nitrogens with zero attached hydrogens (tertiary/aromatic N) is 5. The molecule has 1 saturated heterocycles. The Bertz CT molecular complexity index is 906. The first kappa shape index (κ1) is 15.6. The highest BCUT2D eigenvalue weighted by Gasteiger charge is 2.30. The van der Waals surface area contributed by atoms with Crippen molar-refractivity contribution in [2.24, 2.45) is 11.7 Å². The largest absolute Gasteiger partial charge is 0.369 e.